The largest absolute Gasteiger partial charge is 0.385 e. The lowest BCUT2D eigenvalue weighted by molar-refractivity contribution is 0.0541. The third-order valence-electron chi connectivity index (χ3n) is 4.68. The molecule has 0 amide bonds. The monoisotopic (exact) mass is 311 g/mol. The number of likely N-dealkylation sites (tertiary alicyclic amines) is 1. The van der Waals surface area contributed by atoms with Crippen LogP contribution in [0.4, 0.5) is 0 Å². The van der Waals surface area contributed by atoms with Gasteiger partial charge in [0.05, 0.1) is 0 Å². The number of hydrogen-bond donors (Lipinski definition) is 1. The molecule has 4 nitrogen and oxygen atoms in total. The van der Waals surface area contributed by atoms with Gasteiger partial charge in [0.1, 0.15) is 11.9 Å². The summed E-state index contributed by atoms with van der Waals surface area (Å²) in [6, 6.07) is 10.4. The second kappa shape index (κ2) is 7.57. The Hall–Kier alpha value is -1.91. The lowest BCUT2D eigenvalue weighted by Gasteiger charge is -2.33. The van der Waals surface area contributed by atoms with Gasteiger partial charge in [0.25, 0.3) is 0 Å². The number of benzene rings is 1. The molecule has 23 heavy (non-hydrogen) atoms. The maximum Gasteiger partial charge on any atom is 0.137 e. The smallest absolute Gasteiger partial charge is 0.137 e. The van der Waals surface area contributed by atoms with Gasteiger partial charge in [-0.2, -0.15) is 0 Å². The van der Waals surface area contributed by atoms with E-state index in [2.05, 4.69) is 46.3 Å². The maximum absolute atomic E-state index is 10.5. The van der Waals surface area contributed by atoms with Crippen LogP contribution < -0.4 is 0 Å². The van der Waals surface area contributed by atoms with Crippen LogP contribution in [0.1, 0.15) is 30.3 Å². The fraction of sp³-hybridized carbons (Fsp3) is 0.421. The van der Waals surface area contributed by atoms with Crippen LogP contribution >= 0.6 is 0 Å². The first-order chi connectivity index (χ1) is 11.2. The molecular weight excluding hydrogens is 286 g/mol. The molecule has 0 spiro atoms. The summed E-state index contributed by atoms with van der Waals surface area (Å²) in [4.78, 5) is 6.73. The Balaban J connectivity index is 1.47. The minimum Gasteiger partial charge on any atom is -0.385 e. The number of aliphatic hydroxyl groups excluding tert-OH is 1. The molecule has 1 saturated heterocycles. The van der Waals surface area contributed by atoms with Crippen LogP contribution in [0.25, 0.3) is 6.08 Å². The number of nitrogens with zero attached hydrogens (tertiary/aromatic N) is 3. The highest BCUT2D eigenvalue weighted by molar-refractivity contribution is 5.48. The average Bonchev–Trinajstić information content (AvgIpc) is 3.02. The number of aliphatic hydroxyl groups is 1. The molecule has 0 bridgehead atoms. The van der Waals surface area contributed by atoms with Gasteiger partial charge in [0.15, 0.2) is 0 Å². The first kappa shape index (κ1) is 16.0. The van der Waals surface area contributed by atoms with Crippen molar-refractivity contribution in [2.24, 2.45) is 13.0 Å². The number of hydrogen-bond acceptors (Lipinski definition) is 3. The minimum absolute atomic E-state index is 0.311. The van der Waals surface area contributed by atoms with Crippen LogP contribution in [-0.4, -0.2) is 39.2 Å². The lowest BCUT2D eigenvalue weighted by Crippen LogP contribution is -2.36. The van der Waals surface area contributed by atoms with Gasteiger partial charge in [0.2, 0.25) is 0 Å². The highest BCUT2D eigenvalue weighted by atomic mass is 16.3. The molecule has 0 aliphatic carbocycles. The summed E-state index contributed by atoms with van der Waals surface area (Å²) in [5.74, 6) is 1.10. The fourth-order valence-electron chi connectivity index (χ4n) is 3.23. The third kappa shape index (κ3) is 4.09. The van der Waals surface area contributed by atoms with E-state index in [1.165, 1.54) is 5.56 Å². The van der Waals surface area contributed by atoms with Crippen LogP contribution in [0.3, 0.4) is 0 Å². The van der Waals surface area contributed by atoms with Gasteiger partial charge in [-0.25, -0.2) is 4.98 Å². The lowest BCUT2D eigenvalue weighted by atomic mass is 9.90. The van der Waals surface area contributed by atoms with Crippen LogP contribution in [-0.2, 0) is 7.05 Å². The molecule has 122 valence electrons. The van der Waals surface area contributed by atoms with E-state index < -0.39 is 6.10 Å². The molecule has 1 aromatic carbocycles. The van der Waals surface area contributed by atoms with E-state index in [9.17, 15) is 5.11 Å². The van der Waals surface area contributed by atoms with Crippen LogP contribution in [0, 0.1) is 5.92 Å². The van der Waals surface area contributed by atoms with Crippen molar-refractivity contribution in [1.82, 2.24) is 14.5 Å². The molecule has 0 saturated carbocycles. The number of imidazole rings is 1. The number of aromatic nitrogens is 2. The van der Waals surface area contributed by atoms with Crippen LogP contribution in [0.15, 0.2) is 48.8 Å². The van der Waals surface area contributed by atoms with E-state index in [1.807, 2.05) is 23.9 Å². The summed E-state index contributed by atoms with van der Waals surface area (Å²) in [6.45, 7) is 3.04. The summed E-state index contributed by atoms with van der Waals surface area (Å²) in [7, 11) is 1.94. The van der Waals surface area contributed by atoms with Crippen molar-refractivity contribution in [1.29, 1.82) is 0 Å². The van der Waals surface area contributed by atoms with Crippen molar-refractivity contribution >= 4 is 6.08 Å². The predicted molar refractivity (Wildman–Crippen MR) is 92.8 cm³/mol. The van der Waals surface area contributed by atoms with Gasteiger partial charge in [-0.1, -0.05) is 42.5 Å². The molecule has 0 unspecified atom stereocenters. The number of rotatable bonds is 5. The number of piperidine rings is 1. The van der Waals surface area contributed by atoms with Gasteiger partial charge in [-0.05, 0) is 37.4 Å². The van der Waals surface area contributed by atoms with Crippen molar-refractivity contribution in [2.75, 3.05) is 19.6 Å². The molecule has 0 radical (unpaired) electrons. The molecule has 2 aromatic rings. The van der Waals surface area contributed by atoms with E-state index in [-0.39, 0.29) is 0 Å². The SMILES string of the molecule is Cn1ccnc1[C@@H](O)C1CCN(C/C=C/c2ccccc2)CC1. The Morgan fingerprint density at radius 3 is 2.65 bits per heavy atom. The van der Waals surface area contributed by atoms with Gasteiger partial charge >= 0.3 is 0 Å². The Bertz CT molecular complexity index is 627. The zero-order valence-corrected chi connectivity index (χ0v) is 13.7. The Labute approximate surface area is 138 Å². The van der Waals surface area contributed by atoms with E-state index in [4.69, 9.17) is 0 Å². The summed E-state index contributed by atoms with van der Waals surface area (Å²) >= 11 is 0. The van der Waals surface area contributed by atoms with Crippen molar-refractivity contribution in [2.45, 2.75) is 18.9 Å². The molecule has 1 aliphatic rings. The van der Waals surface area contributed by atoms with Crippen molar-refractivity contribution in [3.05, 3.63) is 60.2 Å². The second-order valence-electron chi connectivity index (χ2n) is 6.29. The summed E-state index contributed by atoms with van der Waals surface area (Å²) < 4.78 is 1.92. The van der Waals surface area contributed by atoms with Crippen molar-refractivity contribution < 1.29 is 5.11 Å². The highest BCUT2D eigenvalue weighted by Gasteiger charge is 2.27. The summed E-state index contributed by atoms with van der Waals surface area (Å²) in [5.41, 5.74) is 1.24. The Kier molecular flexibility index (Phi) is 5.26. The molecule has 4 heteroatoms. The van der Waals surface area contributed by atoms with Gasteiger partial charge in [0, 0.05) is 26.0 Å². The number of aryl methyl sites for hydroxylation is 1. The molecule has 1 aliphatic heterocycles. The van der Waals surface area contributed by atoms with Crippen molar-refractivity contribution in [3.8, 4) is 0 Å². The highest BCUT2D eigenvalue weighted by Crippen LogP contribution is 2.29. The molecule has 1 N–H and O–H groups in total. The normalized spacial score (nSPS) is 18.5. The molecule has 1 fully saturated rings. The van der Waals surface area contributed by atoms with Gasteiger partial charge < -0.3 is 9.67 Å². The summed E-state index contributed by atoms with van der Waals surface area (Å²) in [6.07, 6.45) is 9.64. The van der Waals surface area contributed by atoms with Crippen molar-refractivity contribution in [3.63, 3.8) is 0 Å². The minimum atomic E-state index is -0.447. The predicted octanol–water partition coefficient (Wildman–Crippen LogP) is 2.88. The van der Waals surface area contributed by atoms with Gasteiger partial charge in [-0.3, -0.25) is 4.90 Å². The topological polar surface area (TPSA) is 41.3 Å². The van der Waals surface area contributed by atoms with Crippen LogP contribution in [0.2, 0.25) is 0 Å². The Morgan fingerprint density at radius 2 is 2.00 bits per heavy atom. The second-order valence-corrected chi connectivity index (χ2v) is 6.29. The maximum atomic E-state index is 10.5. The first-order valence-electron chi connectivity index (χ1n) is 8.33. The Morgan fingerprint density at radius 1 is 1.26 bits per heavy atom. The zero-order valence-electron chi connectivity index (χ0n) is 13.7. The zero-order chi connectivity index (χ0) is 16.1. The van der Waals surface area contributed by atoms with E-state index in [0.717, 1.165) is 38.3 Å². The summed E-state index contributed by atoms with van der Waals surface area (Å²) in [5, 5.41) is 10.5. The van der Waals surface area contributed by atoms with E-state index >= 15 is 0 Å². The van der Waals surface area contributed by atoms with Crippen LogP contribution in [0.5, 0.6) is 0 Å². The standard InChI is InChI=1S/C19H25N3O/c1-21-15-11-20-19(21)18(23)17-9-13-22(14-10-17)12-5-8-16-6-3-2-4-7-16/h2-8,11,15,17-18,23H,9-10,12-14H2,1H3/b8-5+/t18-/m0/s1. The average molecular weight is 311 g/mol. The molecular formula is C19H25N3O. The molecule has 1 atom stereocenters. The van der Waals surface area contributed by atoms with E-state index in [0.29, 0.717) is 5.92 Å². The van der Waals surface area contributed by atoms with Gasteiger partial charge in [-0.15, -0.1) is 0 Å². The first-order valence-corrected chi connectivity index (χ1v) is 8.33. The quantitative estimate of drug-likeness (QED) is 0.923. The van der Waals surface area contributed by atoms with E-state index in [1.54, 1.807) is 6.20 Å². The molecule has 1 aromatic heterocycles. The molecule has 2 heterocycles. The fourth-order valence-corrected chi connectivity index (χ4v) is 3.23. The molecule has 3 rings (SSSR count). The third-order valence-corrected chi connectivity index (χ3v) is 4.68.